The Kier molecular flexibility index (Phi) is 3.21. The van der Waals surface area contributed by atoms with E-state index < -0.39 is 24.2 Å². The van der Waals surface area contributed by atoms with Gasteiger partial charge in [0.1, 0.15) is 12.0 Å². The number of rotatable bonds is 2. The Balaban J connectivity index is 1.55. The fourth-order valence-corrected chi connectivity index (χ4v) is 2.68. The van der Waals surface area contributed by atoms with E-state index in [9.17, 15) is 22.0 Å². The number of benzene rings is 1. The van der Waals surface area contributed by atoms with Gasteiger partial charge < -0.3 is 14.4 Å². The highest BCUT2D eigenvalue weighted by atomic mass is 19.4. The second-order valence-corrected chi connectivity index (χ2v) is 5.58. The third kappa shape index (κ3) is 2.87. The molecule has 0 aromatic heterocycles. The van der Waals surface area contributed by atoms with E-state index in [2.05, 4.69) is 20.0 Å². The van der Waals surface area contributed by atoms with Gasteiger partial charge in [-0.15, -0.1) is 8.78 Å². The van der Waals surface area contributed by atoms with E-state index in [0.717, 1.165) is 12.3 Å². The largest absolute Gasteiger partial charge is 0.586 e. The van der Waals surface area contributed by atoms with Crippen molar-refractivity contribution in [2.45, 2.75) is 25.1 Å². The Labute approximate surface area is 138 Å². The fraction of sp³-hybridized carbons (Fsp3) is 0.267. The average molecular weight is 359 g/mol. The molecule has 0 saturated carbocycles. The van der Waals surface area contributed by atoms with Crippen molar-refractivity contribution in [3.05, 3.63) is 47.7 Å². The van der Waals surface area contributed by atoms with E-state index in [1.165, 1.54) is 29.2 Å². The van der Waals surface area contributed by atoms with E-state index in [4.69, 9.17) is 0 Å². The normalized spacial score (nSPS) is 23.1. The van der Waals surface area contributed by atoms with Crippen LogP contribution in [-0.2, 0) is 6.42 Å². The van der Waals surface area contributed by atoms with Crippen molar-refractivity contribution in [1.82, 2.24) is 10.3 Å². The maximum Gasteiger partial charge on any atom is 0.586 e. The third-order valence-corrected chi connectivity index (χ3v) is 3.82. The van der Waals surface area contributed by atoms with Gasteiger partial charge in [-0.2, -0.15) is 18.3 Å². The van der Waals surface area contributed by atoms with Crippen molar-refractivity contribution in [3.63, 3.8) is 0 Å². The lowest BCUT2D eigenvalue weighted by atomic mass is 10.1. The molecule has 0 radical (unpaired) electrons. The summed E-state index contributed by atoms with van der Waals surface area (Å²) in [5, 5.41) is 4.02. The molecule has 1 atom stereocenters. The molecule has 4 rings (SSSR count). The van der Waals surface area contributed by atoms with Crippen LogP contribution in [0.5, 0.6) is 11.5 Å². The van der Waals surface area contributed by atoms with Gasteiger partial charge in [-0.3, -0.25) is 5.43 Å². The number of nitrogens with zero attached hydrogens (tertiary/aromatic N) is 2. The fourth-order valence-electron chi connectivity index (χ4n) is 2.68. The minimum Gasteiger partial charge on any atom is -0.395 e. The van der Waals surface area contributed by atoms with Crippen LogP contribution in [0, 0.1) is 0 Å². The molecule has 1 N–H and O–H groups in total. The minimum atomic E-state index is -4.47. The molecule has 0 spiro atoms. The Bertz CT molecular complexity index is 816. The maximum atomic E-state index is 13.0. The van der Waals surface area contributed by atoms with Gasteiger partial charge in [0.05, 0.1) is 5.57 Å². The number of hydrogen-bond donors (Lipinski definition) is 1. The van der Waals surface area contributed by atoms with Crippen LogP contribution in [0.15, 0.2) is 47.2 Å². The Hall–Kier alpha value is -2.78. The van der Waals surface area contributed by atoms with Crippen molar-refractivity contribution >= 4 is 5.84 Å². The van der Waals surface area contributed by atoms with E-state index in [1.54, 1.807) is 0 Å². The van der Waals surface area contributed by atoms with Gasteiger partial charge in [0.2, 0.25) is 0 Å². The first-order chi connectivity index (χ1) is 11.7. The number of hydrazone groups is 1. The molecular formula is C15H10F5N3O2. The average Bonchev–Trinajstić information content (AvgIpc) is 3.04. The summed E-state index contributed by atoms with van der Waals surface area (Å²) in [5.41, 5.74) is 2.44. The highest BCUT2D eigenvalue weighted by molar-refractivity contribution is 5.87. The molecule has 3 aliphatic heterocycles. The van der Waals surface area contributed by atoms with E-state index in [0.29, 0.717) is 11.4 Å². The Morgan fingerprint density at radius 1 is 1.20 bits per heavy atom. The van der Waals surface area contributed by atoms with Gasteiger partial charge in [0.25, 0.3) is 0 Å². The summed E-state index contributed by atoms with van der Waals surface area (Å²) < 4.78 is 73.4. The molecule has 3 heterocycles. The molecule has 25 heavy (non-hydrogen) atoms. The molecular weight excluding hydrogens is 349 g/mol. The lowest BCUT2D eigenvalue weighted by Gasteiger charge is -2.26. The van der Waals surface area contributed by atoms with Crippen LogP contribution < -0.4 is 14.9 Å². The number of amidine groups is 1. The summed E-state index contributed by atoms with van der Waals surface area (Å²) in [6, 6.07) is 4.19. The van der Waals surface area contributed by atoms with Gasteiger partial charge in [0.15, 0.2) is 11.5 Å². The molecule has 3 aliphatic rings. The molecule has 132 valence electrons. The molecule has 1 aromatic carbocycles. The quantitative estimate of drug-likeness (QED) is 0.825. The number of nitrogens with one attached hydrogen (secondary N) is 1. The van der Waals surface area contributed by atoms with Gasteiger partial charge in [-0.05, 0) is 29.8 Å². The van der Waals surface area contributed by atoms with E-state index in [1.807, 2.05) is 0 Å². The van der Waals surface area contributed by atoms with Gasteiger partial charge in [-0.1, -0.05) is 6.07 Å². The first-order valence-electron chi connectivity index (χ1n) is 7.18. The predicted molar refractivity (Wildman–Crippen MR) is 75.8 cm³/mol. The van der Waals surface area contributed by atoms with Gasteiger partial charge in [-0.25, -0.2) is 0 Å². The standard InChI is InChI=1S/C15H10F5N3O2/c16-14(17,18)9-2-4-12-21-22-13(23(12)7-9)6-8-1-3-10-11(5-8)25-15(19,20)24-10/h1-5,7,12,21H,6H2. The zero-order valence-corrected chi connectivity index (χ0v) is 12.3. The molecule has 1 unspecified atom stereocenters. The summed E-state index contributed by atoms with van der Waals surface area (Å²) in [7, 11) is 0. The van der Waals surface area contributed by atoms with Crippen LogP contribution in [0.4, 0.5) is 22.0 Å². The van der Waals surface area contributed by atoms with Crippen molar-refractivity contribution in [3.8, 4) is 11.5 Å². The molecule has 5 nitrogen and oxygen atoms in total. The molecule has 1 aromatic rings. The molecule has 0 fully saturated rings. The number of alkyl halides is 5. The molecule has 0 amide bonds. The molecule has 0 bridgehead atoms. The Morgan fingerprint density at radius 3 is 2.72 bits per heavy atom. The minimum absolute atomic E-state index is 0.0988. The van der Waals surface area contributed by atoms with Crippen LogP contribution in [0.1, 0.15) is 5.56 Å². The first-order valence-corrected chi connectivity index (χ1v) is 7.18. The van der Waals surface area contributed by atoms with Crippen LogP contribution in [-0.4, -0.2) is 29.4 Å². The van der Waals surface area contributed by atoms with Crippen molar-refractivity contribution in [2.75, 3.05) is 0 Å². The third-order valence-electron chi connectivity index (χ3n) is 3.82. The lowest BCUT2D eigenvalue weighted by molar-refractivity contribution is -0.286. The van der Waals surface area contributed by atoms with Gasteiger partial charge in [0, 0.05) is 12.6 Å². The van der Waals surface area contributed by atoms with Crippen molar-refractivity contribution < 1.29 is 31.4 Å². The monoisotopic (exact) mass is 359 g/mol. The maximum absolute atomic E-state index is 13.0. The highest BCUT2D eigenvalue weighted by Crippen LogP contribution is 2.41. The number of ether oxygens (including phenoxy) is 2. The first kappa shape index (κ1) is 15.7. The zero-order chi connectivity index (χ0) is 17.8. The lowest BCUT2D eigenvalue weighted by Crippen LogP contribution is -2.38. The van der Waals surface area contributed by atoms with E-state index >= 15 is 0 Å². The summed E-state index contributed by atoms with van der Waals surface area (Å²) >= 11 is 0. The number of halogens is 5. The SMILES string of the molecule is FC1(F)Oc2ccc(CC3=NNC4C=CC(C(F)(F)F)=CN34)cc2O1. The van der Waals surface area contributed by atoms with E-state index in [-0.39, 0.29) is 17.9 Å². The second-order valence-electron chi connectivity index (χ2n) is 5.58. The van der Waals surface area contributed by atoms with Crippen LogP contribution in [0.2, 0.25) is 0 Å². The molecule has 0 saturated heterocycles. The summed E-state index contributed by atoms with van der Waals surface area (Å²) in [5.74, 6) is 0.0932. The van der Waals surface area contributed by atoms with Crippen LogP contribution in [0.3, 0.4) is 0 Å². The molecule has 0 aliphatic carbocycles. The van der Waals surface area contributed by atoms with Crippen molar-refractivity contribution in [1.29, 1.82) is 0 Å². The highest BCUT2D eigenvalue weighted by Gasteiger charge is 2.43. The summed E-state index contributed by atoms with van der Waals surface area (Å²) in [6.07, 6.45) is -5.29. The summed E-state index contributed by atoms with van der Waals surface area (Å²) in [6.45, 7) is 0. The second kappa shape index (κ2) is 5.11. The number of fused-ring (bicyclic) bond motifs is 2. The predicted octanol–water partition coefficient (Wildman–Crippen LogP) is 3.11. The van der Waals surface area contributed by atoms with Crippen LogP contribution >= 0.6 is 0 Å². The topological polar surface area (TPSA) is 46.1 Å². The number of allylic oxidation sites excluding steroid dienone is 2. The zero-order valence-electron chi connectivity index (χ0n) is 12.3. The molecule has 10 heteroatoms. The summed E-state index contributed by atoms with van der Waals surface area (Å²) in [4.78, 5) is 1.35. The van der Waals surface area contributed by atoms with Crippen LogP contribution in [0.25, 0.3) is 0 Å². The number of hydrogen-bond acceptors (Lipinski definition) is 5. The van der Waals surface area contributed by atoms with Gasteiger partial charge >= 0.3 is 12.5 Å². The van der Waals surface area contributed by atoms with Crippen molar-refractivity contribution in [2.24, 2.45) is 5.10 Å². The Morgan fingerprint density at radius 2 is 1.96 bits per heavy atom. The smallest absolute Gasteiger partial charge is 0.395 e.